The van der Waals surface area contributed by atoms with Crippen molar-refractivity contribution in [3.63, 3.8) is 0 Å². The largest absolute Gasteiger partial charge is 0.384 e. The van der Waals surface area contributed by atoms with Crippen molar-refractivity contribution in [2.75, 3.05) is 25.0 Å². The topological polar surface area (TPSA) is 67.2 Å². The number of rotatable bonds is 10. The zero-order chi connectivity index (χ0) is 17.2. The van der Waals surface area contributed by atoms with E-state index in [-0.39, 0.29) is 10.6 Å². The molecule has 0 unspecified atom stereocenters. The fraction of sp³-hybridized carbons (Fsp3) is 0.333. The lowest BCUT2D eigenvalue weighted by atomic mass is 10.3. The third-order valence-electron chi connectivity index (χ3n) is 3.48. The van der Waals surface area contributed by atoms with Crippen LogP contribution in [0.3, 0.4) is 0 Å². The molecule has 6 heteroatoms. The summed E-state index contributed by atoms with van der Waals surface area (Å²) in [6, 6.07) is 14.8. The van der Waals surface area contributed by atoms with Crippen LogP contribution in [0.5, 0.6) is 0 Å². The molecule has 0 aliphatic heterocycles. The van der Waals surface area contributed by atoms with Crippen molar-refractivity contribution in [3.8, 4) is 0 Å². The molecular formula is C18H23N3O2S. The molecule has 0 saturated heterocycles. The number of nitro groups is 1. The quantitative estimate of drug-likeness (QED) is 0.376. The van der Waals surface area contributed by atoms with Crippen molar-refractivity contribution in [1.29, 1.82) is 0 Å². The third kappa shape index (κ3) is 6.22. The molecule has 2 aromatic rings. The second kappa shape index (κ2) is 9.95. The molecule has 0 aliphatic carbocycles. The van der Waals surface area contributed by atoms with Crippen LogP contribution in [0, 0.1) is 10.1 Å². The standard InChI is InChI=1S/C18H23N3O2S/c1-2-3-12-19-13-14-20-15-4-8-17(9-5-15)24-18-10-6-16(7-11-18)21(22)23/h4-11,19-20H,2-3,12-14H2,1H3. The van der Waals surface area contributed by atoms with Gasteiger partial charge in [-0.1, -0.05) is 25.1 Å². The number of nitrogens with zero attached hydrogens (tertiary/aromatic N) is 1. The van der Waals surface area contributed by atoms with E-state index in [9.17, 15) is 10.1 Å². The van der Waals surface area contributed by atoms with Crippen LogP contribution in [-0.4, -0.2) is 24.6 Å². The van der Waals surface area contributed by atoms with Crippen molar-refractivity contribution in [1.82, 2.24) is 5.32 Å². The van der Waals surface area contributed by atoms with Gasteiger partial charge in [-0.25, -0.2) is 0 Å². The first kappa shape index (κ1) is 18.3. The summed E-state index contributed by atoms with van der Waals surface area (Å²) in [6.07, 6.45) is 2.43. The van der Waals surface area contributed by atoms with Crippen molar-refractivity contribution in [2.45, 2.75) is 29.6 Å². The fourth-order valence-corrected chi connectivity index (χ4v) is 2.95. The third-order valence-corrected chi connectivity index (χ3v) is 4.49. The fourth-order valence-electron chi connectivity index (χ4n) is 2.13. The average molecular weight is 345 g/mol. The van der Waals surface area contributed by atoms with Crippen LogP contribution in [0.25, 0.3) is 0 Å². The van der Waals surface area contributed by atoms with Gasteiger partial charge in [-0.2, -0.15) is 0 Å². The van der Waals surface area contributed by atoms with Gasteiger partial charge in [0.05, 0.1) is 4.92 Å². The van der Waals surface area contributed by atoms with E-state index < -0.39 is 0 Å². The van der Waals surface area contributed by atoms with E-state index in [1.807, 2.05) is 0 Å². The van der Waals surface area contributed by atoms with Gasteiger partial charge in [-0.3, -0.25) is 10.1 Å². The molecule has 0 aliphatic rings. The highest BCUT2D eigenvalue weighted by Crippen LogP contribution is 2.29. The first-order valence-electron chi connectivity index (χ1n) is 8.16. The first-order chi connectivity index (χ1) is 11.7. The van der Waals surface area contributed by atoms with Gasteiger partial charge in [0.2, 0.25) is 0 Å². The Bertz CT molecular complexity index is 630. The Morgan fingerprint density at radius 2 is 1.58 bits per heavy atom. The second-order valence-corrected chi connectivity index (χ2v) is 6.55. The van der Waals surface area contributed by atoms with Crippen molar-refractivity contribution in [2.24, 2.45) is 0 Å². The molecular weight excluding hydrogens is 322 g/mol. The first-order valence-corrected chi connectivity index (χ1v) is 8.97. The number of hydrogen-bond donors (Lipinski definition) is 2. The lowest BCUT2D eigenvalue weighted by molar-refractivity contribution is -0.384. The van der Waals surface area contributed by atoms with Crippen LogP contribution in [0.1, 0.15) is 19.8 Å². The summed E-state index contributed by atoms with van der Waals surface area (Å²) >= 11 is 1.59. The van der Waals surface area contributed by atoms with E-state index in [0.29, 0.717) is 0 Å². The minimum Gasteiger partial charge on any atom is -0.384 e. The molecule has 0 amide bonds. The second-order valence-electron chi connectivity index (χ2n) is 5.41. The smallest absolute Gasteiger partial charge is 0.269 e. The number of nitrogens with one attached hydrogen (secondary N) is 2. The van der Waals surface area contributed by atoms with Crippen LogP contribution in [-0.2, 0) is 0 Å². The summed E-state index contributed by atoms with van der Waals surface area (Å²) < 4.78 is 0. The maximum Gasteiger partial charge on any atom is 0.269 e. The average Bonchev–Trinajstić information content (AvgIpc) is 2.60. The van der Waals surface area contributed by atoms with E-state index in [2.05, 4.69) is 41.8 Å². The zero-order valence-electron chi connectivity index (χ0n) is 13.8. The van der Waals surface area contributed by atoms with Crippen molar-refractivity contribution in [3.05, 3.63) is 58.6 Å². The Kier molecular flexibility index (Phi) is 7.58. The maximum absolute atomic E-state index is 10.7. The predicted molar refractivity (Wildman–Crippen MR) is 99.9 cm³/mol. The number of anilines is 1. The van der Waals surface area contributed by atoms with Gasteiger partial charge in [-0.05, 0) is 49.4 Å². The van der Waals surface area contributed by atoms with Gasteiger partial charge in [0.25, 0.3) is 5.69 Å². The molecule has 0 atom stereocenters. The van der Waals surface area contributed by atoms with E-state index in [4.69, 9.17) is 0 Å². The summed E-state index contributed by atoms with van der Waals surface area (Å²) in [7, 11) is 0. The molecule has 0 bridgehead atoms. The minimum atomic E-state index is -0.383. The molecule has 0 saturated carbocycles. The molecule has 128 valence electrons. The van der Waals surface area contributed by atoms with Gasteiger partial charge in [0.1, 0.15) is 0 Å². The highest BCUT2D eigenvalue weighted by atomic mass is 32.2. The van der Waals surface area contributed by atoms with Gasteiger partial charge in [0, 0.05) is 40.7 Å². The number of benzene rings is 2. The Hall–Kier alpha value is -2.05. The van der Waals surface area contributed by atoms with Crippen LogP contribution < -0.4 is 10.6 Å². The molecule has 0 spiro atoms. The summed E-state index contributed by atoms with van der Waals surface area (Å²) in [5.74, 6) is 0. The number of hydrogen-bond acceptors (Lipinski definition) is 5. The normalized spacial score (nSPS) is 10.5. The van der Waals surface area contributed by atoms with Gasteiger partial charge in [-0.15, -0.1) is 0 Å². The Balaban J connectivity index is 1.78. The van der Waals surface area contributed by atoms with Crippen LogP contribution in [0.15, 0.2) is 58.3 Å². The van der Waals surface area contributed by atoms with Crippen LogP contribution in [0.4, 0.5) is 11.4 Å². The zero-order valence-corrected chi connectivity index (χ0v) is 14.6. The van der Waals surface area contributed by atoms with Gasteiger partial charge in [0.15, 0.2) is 0 Å². The molecule has 5 nitrogen and oxygen atoms in total. The minimum absolute atomic E-state index is 0.117. The molecule has 0 aromatic heterocycles. The summed E-state index contributed by atoms with van der Waals surface area (Å²) in [5.41, 5.74) is 1.21. The summed E-state index contributed by atoms with van der Waals surface area (Å²) in [4.78, 5) is 12.4. The maximum atomic E-state index is 10.7. The predicted octanol–water partition coefficient (Wildman–Crippen LogP) is 4.55. The molecule has 0 fully saturated rings. The summed E-state index contributed by atoms with van der Waals surface area (Å²) in [6.45, 7) is 5.12. The molecule has 2 rings (SSSR count). The highest BCUT2D eigenvalue weighted by Gasteiger charge is 2.04. The van der Waals surface area contributed by atoms with Crippen LogP contribution >= 0.6 is 11.8 Å². The van der Waals surface area contributed by atoms with Gasteiger partial charge < -0.3 is 10.6 Å². The Morgan fingerprint density at radius 3 is 2.17 bits per heavy atom. The summed E-state index contributed by atoms with van der Waals surface area (Å²) in [5, 5.41) is 17.4. The monoisotopic (exact) mass is 345 g/mol. The van der Waals surface area contributed by atoms with E-state index in [0.717, 1.165) is 35.1 Å². The Labute approximate surface area is 147 Å². The number of non-ortho nitro benzene ring substituents is 1. The molecule has 0 radical (unpaired) electrons. The molecule has 0 heterocycles. The number of nitro benzene ring substituents is 1. The van der Waals surface area contributed by atoms with E-state index in [1.54, 1.807) is 23.9 Å². The van der Waals surface area contributed by atoms with E-state index in [1.165, 1.54) is 25.0 Å². The van der Waals surface area contributed by atoms with Gasteiger partial charge >= 0.3 is 0 Å². The highest BCUT2D eigenvalue weighted by molar-refractivity contribution is 7.99. The lowest BCUT2D eigenvalue weighted by Crippen LogP contribution is -2.23. The SMILES string of the molecule is CCCCNCCNc1ccc(Sc2ccc([N+](=O)[O-])cc2)cc1. The van der Waals surface area contributed by atoms with E-state index >= 15 is 0 Å². The lowest BCUT2D eigenvalue weighted by Gasteiger charge is -2.08. The Morgan fingerprint density at radius 1 is 0.958 bits per heavy atom. The molecule has 2 N–H and O–H groups in total. The van der Waals surface area contributed by atoms with Crippen molar-refractivity contribution < 1.29 is 4.92 Å². The molecule has 2 aromatic carbocycles. The molecule has 24 heavy (non-hydrogen) atoms. The van der Waals surface area contributed by atoms with Crippen LogP contribution in [0.2, 0.25) is 0 Å². The van der Waals surface area contributed by atoms with Crippen molar-refractivity contribution >= 4 is 23.1 Å². The number of unbranched alkanes of at least 4 members (excludes halogenated alkanes) is 1.